The minimum atomic E-state index is 0.0629. The second kappa shape index (κ2) is 9.39. The number of aromatic nitrogens is 5. The zero-order chi connectivity index (χ0) is 24.6. The van der Waals surface area contributed by atoms with Crippen LogP contribution in [-0.4, -0.2) is 67.7 Å². The van der Waals surface area contributed by atoms with Gasteiger partial charge < -0.3 is 15.2 Å². The number of nitrogens with zero attached hydrogens (tertiary/aromatic N) is 6. The van der Waals surface area contributed by atoms with Gasteiger partial charge in [0.05, 0.1) is 12.2 Å². The molecule has 0 spiro atoms. The van der Waals surface area contributed by atoms with E-state index in [1.165, 1.54) is 0 Å². The third-order valence-electron chi connectivity index (χ3n) is 7.49. The van der Waals surface area contributed by atoms with Crippen LogP contribution in [0.5, 0.6) is 0 Å². The van der Waals surface area contributed by atoms with Gasteiger partial charge in [0.25, 0.3) is 0 Å². The van der Waals surface area contributed by atoms with Crippen molar-refractivity contribution in [1.29, 1.82) is 0 Å². The molecule has 1 atom stereocenters. The van der Waals surface area contributed by atoms with Crippen LogP contribution >= 0.6 is 0 Å². The fourth-order valence-corrected chi connectivity index (χ4v) is 5.41. The number of anilines is 1. The zero-order valence-electron chi connectivity index (χ0n) is 20.8. The quantitative estimate of drug-likeness (QED) is 0.431. The summed E-state index contributed by atoms with van der Waals surface area (Å²) in [5.41, 5.74) is 3.71. The van der Waals surface area contributed by atoms with Crippen LogP contribution in [0, 0.1) is 11.8 Å². The number of urea groups is 1. The second-order valence-electron chi connectivity index (χ2n) is 10.2. The summed E-state index contributed by atoms with van der Waals surface area (Å²) in [6.07, 6.45) is 9.55. The summed E-state index contributed by atoms with van der Waals surface area (Å²) in [6, 6.07) is 10.3. The maximum atomic E-state index is 13.6. The van der Waals surface area contributed by atoms with E-state index in [9.17, 15) is 4.79 Å². The Morgan fingerprint density at radius 3 is 2.58 bits per heavy atom. The molecule has 186 valence electrons. The minimum absolute atomic E-state index is 0.0629. The molecule has 2 saturated heterocycles. The first-order valence-corrected chi connectivity index (χ1v) is 12.8. The monoisotopic (exact) mass is 484 g/mol. The van der Waals surface area contributed by atoms with E-state index in [1.54, 1.807) is 10.7 Å². The van der Waals surface area contributed by atoms with Crippen LogP contribution in [0.1, 0.15) is 26.7 Å². The van der Waals surface area contributed by atoms with E-state index in [0.717, 1.165) is 67.2 Å². The van der Waals surface area contributed by atoms with Crippen LogP contribution in [0.3, 0.4) is 0 Å². The predicted octanol–water partition coefficient (Wildman–Crippen LogP) is 4.05. The number of imidazole rings is 1. The molecule has 36 heavy (non-hydrogen) atoms. The molecule has 0 bridgehead atoms. The molecular weight excluding hydrogens is 452 g/mol. The lowest BCUT2D eigenvalue weighted by molar-refractivity contribution is 0.202. The van der Waals surface area contributed by atoms with Gasteiger partial charge in [-0.15, -0.1) is 0 Å². The van der Waals surface area contributed by atoms with Crippen molar-refractivity contribution in [3.63, 3.8) is 0 Å². The lowest BCUT2D eigenvalue weighted by Crippen LogP contribution is -2.40. The third-order valence-corrected chi connectivity index (χ3v) is 7.49. The summed E-state index contributed by atoms with van der Waals surface area (Å²) in [5.74, 6) is 2.41. The topological polar surface area (TPSA) is 94.5 Å². The Morgan fingerprint density at radius 1 is 1.08 bits per heavy atom. The third kappa shape index (κ3) is 4.13. The van der Waals surface area contributed by atoms with E-state index in [-0.39, 0.29) is 12.1 Å². The number of fused-ring (bicyclic) bond motifs is 1. The van der Waals surface area contributed by atoms with Crippen molar-refractivity contribution in [2.24, 2.45) is 11.8 Å². The average Bonchev–Trinajstić information content (AvgIpc) is 3.64. The summed E-state index contributed by atoms with van der Waals surface area (Å²) in [4.78, 5) is 30.0. The number of hydrogen-bond donors (Lipinski definition) is 2. The van der Waals surface area contributed by atoms with E-state index in [4.69, 9.17) is 4.98 Å². The van der Waals surface area contributed by atoms with Gasteiger partial charge in [0.2, 0.25) is 0 Å². The van der Waals surface area contributed by atoms with E-state index >= 15 is 0 Å². The molecule has 0 radical (unpaired) electrons. The van der Waals surface area contributed by atoms with E-state index in [2.05, 4.69) is 46.4 Å². The van der Waals surface area contributed by atoms with Gasteiger partial charge in [-0.05, 0) is 49.4 Å². The molecular formula is C27H32N8O. The van der Waals surface area contributed by atoms with Gasteiger partial charge in [-0.1, -0.05) is 38.1 Å². The molecule has 0 unspecified atom stereocenters. The molecule has 4 aromatic rings. The first-order valence-electron chi connectivity index (χ1n) is 12.8. The first kappa shape index (κ1) is 22.7. The number of hydrogen-bond acceptors (Lipinski definition) is 5. The largest absolute Gasteiger partial charge is 0.345 e. The molecule has 2 aliphatic heterocycles. The summed E-state index contributed by atoms with van der Waals surface area (Å²) >= 11 is 0. The molecule has 1 aromatic carbocycles. The fraction of sp³-hybridized carbons (Fsp3) is 0.407. The molecule has 9 nitrogen and oxygen atoms in total. The van der Waals surface area contributed by atoms with Crippen molar-refractivity contribution in [2.45, 2.75) is 32.7 Å². The number of H-pyrrole nitrogens is 1. The average molecular weight is 485 g/mol. The van der Waals surface area contributed by atoms with E-state index in [1.807, 2.05) is 46.6 Å². The van der Waals surface area contributed by atoms with Gasteiger partial charge in [-0.2, -0.15) is 5.10 Å². The number of aromatic amines is 1. The number of nitrogens with one attached hydrogen (secondary N) is 2. The standard InChI is InChI=1S/C27H32N8O/c1-18(2)23-17-33(16-19-7-10-28-11-8-19)27(36)35(23)24-9-14-34-26(32-24)22(15-31-34)20-3-5-21(6-4-20)25-29-12-13-30-25/h3-6,9,12-15,18-19,23,28H,7-8,10-11,16-17H2,1-2H3,(H,29,30)/t23-/m1/s1. The van der Waals surface area contributed by atoms with Crippen LogP contribution in [0.4, 0.5) is 10.6 Å². The molecule has 2 fully saturated rings. The number of carbonyl (C=O) groups is 1. The number of rotatable bonds is 6. The van der Waals surface area contributed by atoms with Gasteiger partial charge >= 0.3 is 6.03 Å². The van der Waals surface area contributed by atoms with Crippen LogP contribution in [0.25, 0.3) is 28.2 Å². The smallest absolute Gasteiger partial charge is 0.326 e. The fourth-order valence-electron chi connectivity index (χ4n) is 5.41. The first-order chi connectivity index (χ1) is 17.6. The Kier molecular flexibility index (Phi) is 5.92. The zero-order valence-corrected chi connectivity index (χ0v) is 20.8. The summed E-state index contributed by atoms with van der Waals surface area (Å²) in [5, 5.41) is 7.94. The Balaban J connectivity index is 1.30. The SMILES string of the molecule is CC(C)[C@H]1CN(CC2CCNCC2)C(=O)N1c1ccn2ncc(-c3ccc(-c4ncc[nH]4)cc3)c2n1. The molecule has 9 heteroatoms. The Morgan fingerprint density at radius 2 is 1.86 bits per heavy atom. The van der Waals surface area contributed by atoms with E-state index < -0.39 is 0 Å². The second-order valence-corrected chi connectivity index (χ2v) is 10.2. The maximum Gasteiger partial charge on any atom is 0.326 e. The number of carbonyl (C=O) groups excluding carboxylic acids is 1. The Bertz CT molecular complexity index is 1340. The molecule has 0 aliphatic carbocycles. The number of amides is 2. The lowest BCUT2D eigenvalue weighted by atomic mass is 9.97. The molecule has 2 amide bonds. The molecule has 2 N–H and O–H groups in total. The molecule has 6 rings (SSSR count). The highest BCUT2D eigenvalue weighted by molar-refractivity contribution is 5.94. The Labute approximate surface area is 210 Å². The van der Waals surface area contributed by atoms with Crippen LogP contribution < -0.4 is 10.2 Å². The van der Waals surface area contributed by atoms with Gasteiger partial charge in [0, 0.05) is 42.8 Å². The van der Waals surface area contributed by atoms with Crippen LogP contribution in [0.15, 0.2) is 55.1 Å². The highest BCUT2D eigenvalue weighted by Gasteiger charge is 2.41. The number of piperidine rings is 1. The predicted molar refractivity (Wildman–Crippen MR) is 140 cm³/mol. The summed E-state index contributed by atoms with van der Waals surface area (Å²) < 4.78 is 1.77. The molecule has 0 saturated carbocycles. The number of benzene rings is 1. The minimum Gasteiger partial charge on any atom is -0.345 e. The van der Waals surface area contributed by atoms with Crippen molar-refractivity contribution in [2.75, 3.05) is 31.1 Å². The molecule has 3 aromatic heterocycles. The van der Waals surface area contributed by atoms with Gasteiger partial charge in [0.1, 0.15) is 11.6 Å². The lowest BCUT2D eigenvalue weighted by Gasteiger charge is -2.27. The van der Waals surface area contributed by atoms with Crippen molar-refractivity contribution < 1.29 is 4.79 Å². The van der Waals surface area contributed by atoms with Gasteiger partial charge in [-0.3, -0.25) is 4.90 Å². The van der Waals surface area contributed by atoms with Gasteiger partial charge in [0.15, 0.2) is 5.65 Å². The van der Waals surface area contributed by atoms with Crippen molar-refractivity contribution in [1.82, 2.24) is 34.8 Å². The molecule has 5 heterocycles. The van der Waals surface area contributed by atoms with Crippen molar-refractivity contribution in [3.05, 3.63) is 55.1 Å². The van der Waals surface area contributed by atoms with Crippen LogP contribution in [0.2, 0.25) is 0 Å². The maximum absolute atomic E-state index is 13.6. The van der Waals surface area contributed by atoms with E-state index in [0.29, 0.717) is 17.7 Å². The highest BCUT2D eigenvalue weighted by atomic mass is 16.2. The highest BCUT2D eigenvalue weighted by Crippen LogP contribution is 2.31. The van der Waals surface area contributed by atoms with Crippen molar-refractivity contribution in [3.8, 4) is 22.5 Å². The van der Waals surface area contributed by atoms with Crippen molar-refractivity contribution >= 4 is 17.5 Å². The normalized spacial score (nSPS) is 19.2. The Hall–Kier alpha value is -3.72. The van der Waals surface area contributed by atoms with Crippen LogP contribution in [-0.2, 0) is 0 Å². The summed E-state index contributed by atoms with van der Waals surface area (Å²) in [7, 11) is 0. The van der Waals surface area contributed by atoms with Gasteiger partial charge in [-0.25, -0.2) is 19.3 Å². The molecule has 2 aliphatic rings. The summed E-state index contributed by atoms with van der Waals surface area (Å²) in [6.45, 7) is 8.00.